The standard InChI is InChI=1S/C17H17ClFN3O3/c1-10-14(17(24)25)9-20-22(10)12-4-6-21(7-5-12)16(23)13-8-11(18)2-3-15(13)19/h2-3,8-9,12H,4-7H2,1H3,(H,24,25). The van der Waals surface area contributed by atoms with E-state index in [1.54, 1.807) is 16.5 Å². The van der Waals surface area contributed by atoms with Gasteiger partial charge in [-0.3, -0.25) is 9.48 Å². The van der Waals surface area contributed by atoms with Crippen LogP contribution < -0.4 is 0 Å². The van der Waals surface area contributed by atoms with Crippen LogP contribution in [0.4, 0.5) is 4.39 Å². The Labute approximate surface area is 148 Å². The van der Waals surface area contributed by atoms with Gasteiger partial charge in [-0.25, -0.2) is 9.18 Å². The minimum atomic E-state index is -1.01. The average Bonchev–Trinajstić information content (AvgIpc) is 2.98. The van der Waals surface area contributed by atoms with Gasteiger partial charge in [0.05, 0.1) is 23.5 Å². The Bertz CT molecular complexity index is 829. The number of piperidine rings is 1. The lowest BCUT2D eigenvalue weighted by molar-refractivity contribution is 0.0683. The number of amides is 1. The number of nitrogens with zero attached hydrogens (tertiary/aromatic N) is 3. The number of carbonyl (C=O) groups excluding carboxylic acids is 1. The van der Waals surface area contributed by atoms with E-state index in [2.05, 4.69) is 5.10 Å². The molecule has 1 aromatic carbocycles. The van der Waals surface area contributed by atoms with Gasteiger partial charge in [0, 0.05) is 18.1 Å². The smallest absolute Gasteiger partial charge is 0.339 e. The van der Waals surface area contributed by atoms with Gasteiger partial charge in [0.2, 0.25) is 0 Å². The van der Waals surface area contributed by atoms with Crippen molar-refractivity contribution >= 4 is 23.5 Å². The number of likely N-dealkylation sites (tertiary alicyclic amines) is 1. The minimum absolute atomic E-state index is 0.0151. The quantitative estimate of drug-likeness (QED) is 0.906. The van der Waals surface area contributed by atoms with Gasteiger partial charge in [0.15, 0.2) is 0 Å². The number of carboxylic acids is 1. The summed E-state index contributed by atoms with van der Waals surface area (Å²) >= 11 is 5.85. The van der Waals surface area contributed by atoms with Gasteiger partial charge in [-0.2, -0.15) is 5.10 Å². The first kappa shape index (κ1) is 17.4. The number of aromatic carboxylic acids is 1. The molecule has 0 bridgehead atoms. The molecule has 2 aromatic rings. The molecule has 0 spiro atoms. The molecule has 1 aliphatic heterocycles. The molecule has 3 rings (SSSR count). The van der Waals surface area contributed by atoms with Gasteiger partial charge < -0.3 is 10.0 Å². The normalized spacial score (nSPS) is 15.4. The number of carboxylic acid groups (broad SMARTS) is 1. The number of aromatic nitrogens is 2. The van der Waals surface area contributed by atoms with Crippen molar-refractivity contribution in [2.24, 2.45) is 0 Å². The van der Waals surface area contributed by atoms with E-state index < -0.39 is 11.8 Å². The Balaban J connectivity index is 1.71. The van der Waals surface area contributed by atoms with E-state index >= 15 is 0 Å². The molecule has 25 heavy (non-hydrogen) atoms. The zero-order valence-corrected chi connectivity index (χ0v) is 14.3. The van der Waals surface area contributed by atoms with Crippen LogP contribution in [0.3, 0.4) is 0 Å². The monoisotopic (exact) mass is 365 g/mol. The second kappa shape index (κ2) is 6.84. The highest BCUT2D eigenvalue weighted by Crippen LogP contribution is 2.26. The summed E-state index contributed by atoms with van der Waals surface area (Å²) in [6.07, 6.45) is 2.58. The Kier molecular flexibility index (Phi) is 4.76. The van der Waals surface area contributed by atoms with Crippen LogP contribution in [0.15, 0.2) is 24.4 Å². The van der Waals surface area contributed by atoms with Gasteiger partial charge >= 0.3 is 5.97 Å². The van der Waals surface area contributed by atoms with Gasteiger partial charge in [-0.1, -0.05) is 11.6 Å². The molecule has 2 heterocycles. The van der Waals surface area contributed by atoms with Crippen molar-refractivity contribution in [3.8, 4) is 0 Å². The maximum absolute atomic E-state index is 13.9. The highest BCUT2D eigenvalue weighted by Gasteiger charge is 2.28. The Morgan fingerprint density at radius 2 is 1.96 bits per heavy atom. The van der Waals surface area contributed by atoms with Gasteiger partial charge in [-0.05, 0) is 38.0 Å². The number of halogens is 2. The Hall–Kier alpha value is -2.41. The molecule has 1 aromatic heterocycles. The molecule has 1 fully saturated rings. The fraction of sp³-hybridized carbons (Fsp3) is 0.353. The number of carbonyl (C=O) groups is 2. The summed E-state index contributed by atoms with van der Waals surface area (Å²) in [7, 11) is 0. The molecular formula is C17H17ClFN3O3. The summed E-state index contributed by atoms with van der Waals surface area (Å²) < 4.78 is 15.6. The van der Waals surface area contributed by atoms with Crippen LogP contribution in [-0.2, 0) is 0 Å². The number of hydrogen-bond acceptors (Lipinski definition) is 3. The van der Waals surface area contributed by atoms with Crippen molar-refractivity contribution < 1.29 is 19.1 Å². The first-order valence-corrected chi connectivity index (χ1v) is 8.28. The zero-order chi connectivity index (χ0) is 18.1. The molecule has 1 amide bonds. The zero-order valence-electron chi connectivity index (χ0n) is 13.6. The topological polar surface area (TPSA) is 75.4 Å². The van der Waals surface area contributed by atoms with Gasteiger partial charge in [0.1, 0.15) is 11.4 Å². The lowest BCUT2D eigenvalue weighted by atomic mass is 10.0. The third-order valence-electron chi connectivity index (χ3n) is 4.53. The van der Waals surface area contributed by atoms with Crippen molar-refractivity contribution in [1.82, 2.24) is 14.7 Å². The van der Waals surface area contributed by atoms with Crippen LogP contribution in [0.2, 0.25) is 5.02 Å². The molecular weight excluding hydrogens is 349 g/mol. The van der Waals surface area contributed by atoms with Crippen LogP contribution >= 0.6 is 11.6 Å². The van der Waals surface area contributed by atoms with E-state index in [1.165, 1.54) is 24.4 Å². The van der Waals surface area contributed by atoms with Crippen molar-refractivity contribution in [1.29, 1.82) is 0 Å². The second-order valence-electron chi connectivity index (χ2n) is 6.04. The Morgan fingerprint density at radius 1 is 1.28 bits per heavy atom. The molecule has 132 valence electrons. The number of rotatable bonds is 3. The molecule has 0 radical (unpaired) electrons. The van der Waals surface area contributed by atoms with Crippen molar-refractivity contribution in [2.45, 2.75) is 25.8 Å². The summed E-state index contributed by atoms with van der Waals surface area (Å²) in [4.78, 5) is 25.2. The van der Waals surface area contributed by atoms with Crippen molar-refractivity contribution in [2.75, 3.05) is 13.1 Å². The van der Waals surface area contributed by atoms with Crippen LogP contribution in [0.1, 0.15) is 45.3 Å². The summed E-state index contributed by atoms with van der Waals surface area (Å²) in [5.74, 6) is -1.99. The lowest BCUT2D eigenvalue weighted by Gasteiger charge is -2.32. The summed E-state index contributed by atoms with van der Waals surface area (Å²) in [6, 6.07) is 3.94. The fourth-order valence-corrected chi connectivity index (χ4v) is 3.32. The van der Waals surface area contributed by atoms with Crippen LogP contribution in [-0.4, -0.2) is 44.8 Å². The maximum Gasteiger partial charge on any atom is 0.339 e. The fourth-order valence-electron chi connectivity index (χ4n) is 3.15. The molecule has 0 saturated carbocycles. The largest absolute Gasteiger partial charge is 0.478 e. The van der Waals surface area contributed by atoms with E-state index in [4.69, 9.17) is 16.7 Å². The van der Waals surface area contributed by atoms with Crippen LogP contribution in [0.25, 0.3) is 0 Å². The summed E-state index contributed by atoms with van der Waals surface area (Å²) in [5, 5.41) is 13.6. The minimum Gasteiger partial charge on any atom is -0.478 e. The third kappa shape index (κ3) is 3.37. The van der Waals surface area contributed by atoms with Crippen molar-refractivity contribution in [3.63, 3.8) is 0 Å². The molecule has 0 atom stereocenters. The van der Waals surface area contributed by atoms with Gasteiger partial charge in [-0.15, -0.1) is 0 Å². The number of hydrogen-bond donors (Lipinski definition) is 1. The molecule has 0 aliphatic carbocycles. The predicted molar refractivity (Wildman–Crippen MR) is 89.5 cm³/mol. The molecule has 1 saturated heterocycles. The van der Waals surface area contributed by atoms with E-state index in [0.717, 1.165) is 0 Å². The Morgan fingerprint density at radius 3 is 2.56 bits per heavy atom. The SMILES string of the molecule is Cc1c(C(=O)O)cnn1C1CCN(C(=O)c2cc(Cl)ccc2F)CC1. The third-order valence-corrected chi connectivity index (χ3v) is 4.77. The number of benzene rings is 1. The molecule has 6 nitrogen and oxygen atoms in total. The first-order chi connectivity index (χ1) is 11.9. The second-order valence-corrected chi connectivity index (χ2v) is 6.48. The van der Waals surface area contributed by atoms with E-state index in [-0.39, 0.29) is 23.1 Å². The lowest BCUT2D eigenvalue weighted by Crippen LogP contribution is -2.39. The predicted octanol–water partition coefficient (Wildman–Crippen LogP) is 3.16. The molecule has 1 N–H and O–H groups in total. The first-order valence-electron chi connectivity index (χ1n) is 7.90. The van der Waals surface area contributed by atoms with Crippen molar-refractivity contribution in [3.05, 3.63) is 52.1 Å². The van der Waals surface area contributed by atoms with Crippen LogP contribution in [0, 0.1) is 12.7 Å². The van der Waals surface area contributed by atoms with E-state index in [0.29, 0.717) is 36.6 Å². The average molecular weight is 366 g/mol. The summed E-state index contributed by atoms with van der Waals surface area (Å²) in [6.45, 7) is 2.60. The highest BCUT2D eigenvalue weighted by molar-refractivity contribution is 6.31. The van der Waals surface area contributed by atoms with Crippen LogP contribution in [0.5, 0.6) is 0 Å². The highest BCUT2D eigenvalue weighted by atomic mass is 35.5. The molecule has 8 heteroatoms. The van der Waals surface area contributed by atoms with Gasteiger partial charge in [0.25, 0.3) is 5.91 Å². The van der Waals surface area contributed by atoms with E-state index in [9.17, 15) is 14.0 Å². The molecule has 0 unspecified atom stereocenters. The molecule has 1 aliphatic rings. The van der Waals surface area contributed by atoms with E-state index in [1.807, 2.05) is 0 Å². The maximum atomic E-state index is 13.9. The summed E-state index contributed by atoms with van der Waals surface area (Å²) in [5.41, 5.74) is 0.743.